The Morgan fingerprint density at radius 2 is 2.10 bits per heavy atom. The number of aliphatic hydroxyl groups excluding tert-OH is 1. The highest BCUT2D eigenvalue weighted by atomic mass is 35.5. The fourth-order valence-electron chi connectivity index (χ4n) is 2.57. The van der Waals surface area contributed by atoms with Gasteiger partial charge in [0.05, 0.1) is 17.8 Å². The van der Waals surface area contributed by atoms with Crippen molar-refractivity contribution in [2.24, 2.45) is 0 Å². The molecule has 0 spiro atoms. The van der Waals surface area contributed by atoms with E-state index in [9.17, 15) is 9.90 Å². The van der Waals surface area contributed by atoms with Gasteiger partial charge in [0.15, 0.2) is 5.43 Å². The normalized spacial score (nSPS) is 17.7. The topological polar surface area (TPSA) is 53.7 Å². The number of aliphatic hydroxyl groups is 1. The van der Waals surface area contributed by atoms with Gasteiger partial charge in [0, 0.05) is 30.2 Å². The minimum atomic E-state index is -0.210. The zero-order chi connectivity index (χ0) is 14.1. The number of rotatable bonds is 2. The lowest BCUT2D eigenvalue weighted by molar-refractivity contribution is 0.0789. The second-order valence-corrected chi connectivity index (χ2v) is 5.67. The number of piperidine rings is 1. The molecule has 1 aliphatic heterocycles. The van der Waals surface area contributed by atoms with Crippen LogP contribution in [0.3, 0.4) is 0 Å². The molecule has 2 aromatic rings. The summed E-state index contributed by atoms with van der Waals surface area (Å²) in [6.07, 6.45) is 2.83. The number of hydrogen-bond donors (Lipinski definition) is 1. The molecular weight excluding hydrogens is 278 g/mol. The van der Waals surface area contributed by atoms with E-state index in [4.69, 9.17) is 16.0 Å². The smallest absolute Gasteiger partial charge is 0.197 e. The zero-order valence-electron chi connectivity index (χ0n) is 11.0. The third kappa shape index (κ3) is 2.73. The highest BCUT2D eigenvalue weighted by molar-refractivity contribution is 6.31. The van der Waals surface area contributed by atoms with Crippen LogP contribution in [0.1, 0.15) is 18.4 Å². The quantitative estimate of drug-likeness (QED) is 0.924. The molecule has 1 fully saturated rings. The summed E-state index contributed by atoms with van der Waals surface area (Å²) in [6, 6.07) is 5.06. The molecule has 1 saturated heterocycles. The fraction of sp³-hybridized carbons (Fsp3) is 0.400. The van der Waals surface area contributed by atoms with Crippen molar-refractivity contribution < 1.29 is 9.52 Å². The molecule has 0 radical (unpaired) electrons. The zero-order valence-corrected chi connectivity index (χ0v) is 11.8. The van der Waals surface area contributed by atoms with Crippen LogP contribution in [0.15, 0.2) is 33.7 Å². The van der Waals surface area contributed by atoms with Crippen LogP contribution < -0.4 is 5.43 Å². The molecule has 0 bridgehead atoms. The second kappa shape index (κ2) is 5.56. The Labute approximate surface area is 121 Å². The summed E-state index contributed by atoms with van der Waals surface area (Å²) in [6.45, 7) is 2.15. The molecule has 106 valence electrons. The van der Waals surface area contributed by atoms with Crippen LogP contribution in [-0.4, -0.2) is 29.2 Å². The third-order valence-electron chi connectivity index (χ3n) is 3.76. The molecule has 3 rings (SSSR count). The number of fused-ring (bicyclic) bond motifs is 1. The highest BCUT2D eigenvalue weighted by Gasteiger charge is 2.18. The molecule has 0 atom stereocenters. The van der Waals surface area contributed by atoms with Crippen molar-refractivity contribution in [3.8, 4) is 0 Å². The Morgan fingerprint density at radius 1 is 1.35 bits per heavy atom. The minimum absolute atomic E-state index is 0.0279. The summed E-state index contributed by atoms with van der Waals surface area (Å²) < 4.78 is 5.51. The third-order valence-corrected chi connectivity index (χ3v) is 3.99. The maximum atomic E-state index is 12.4. The molecule has 1 N–H and O–H groups in total. The van der Waals surface area contributed by atoms with Crippen molar-refractivity contribution >= 4 is 22.6 Å². The van der Waals surface area contributed by atoms with Gasteiger partial charge >= 0.3 is 0 Å². The van der Waals surface area contributed by atoms with Gasteiger partial charge in [-0.05, 0) is 31.0 Å². The van der Waals surface area contributed by atoms with Gasteiger partial charge in [-0.3, -0.25) is 9.69 Å². The van der Waals surface area contributed by atoms with Crippen LogP contribution in [0.2, 0.25) is 5.02 Å². The Hall–Kier alpha value is -1.36. The average Bonchev–Trinajstić information content (AvgIpc) is 2.45. The minimum Gasteiger partial charge on any atom is -0.464 e. The first kappa shape index (κ1) is 13.6. The van der Waals surface area contributed by atoms with Crippen LogP contribution in [0, 0.1) is 0 Å². The molecule has 20 heavy (non-hydrogen) atoms. The van der Waals surface area contributed by atoms with E-state index in [1.54, 1.807) is 18.2 Å². The first-order chi connectivity index (χ1) is 9.63. The van der Waals surface area contributed by atoms with Crippen molar-refractivity contribution in [3.05, 3.63) is 45.3 Å². The van der Waals surface area contributed by atoms with Gasteiger partial charge in [-0.25, -0.2) is 0 Å². The van der Waals surface area contributed by atoms with Crippen molar-refractivity contribution in [3.63, 3.8) is 0 Å². The molecule has 4 nitrogen and oxygen atoms in total. The molecule has 2 heterocycles. The fourth-order valence-corrected chi connectivity index (χ4v) is 2.74. The van der Waals surface area contributed by atoms with Crippen LogP contribution >= 0.6 is 11.6 Å². The van der Waals surface area contributed by atoms with Crippen LogP contribution in [0.25, 0.3) is 11.0 Å². The summed E-state index contributed by atoms with van der Waals surface area (Å²) in [4.78, 5) is 14.6. The molecule has 0 aliphatic carbocycles. The lowest BCUT2D eigenvalue weighted by Gasteiger charge is -2.29. The van der Waals surface area contributed by atoms with E-state index in [2.05, 4.69) is 4.90 Å². The van der Waals surface area contributed by atoms with Crippen molar-refractivity contribution in [1.29, 1.82) is 0 Å². The Kier molecular flexibility index (Phi) is 3.78. The molecule has 0 unspecified atom stereocenters. The molecule has 1 aliphatic rings. The van der Waals surface area contributed by atoms with Gasteiger partial charge in [0.2, 0.25) is 0 Å². The van der Waals surface area contributed by atoms with E-state index in [0.29, 0.717) is 28.1 Å². The molecule has 0 amide bonds. The van der Waals surface area contributed by atoms with Gasteiger partial charge in [-0.1, -0.05) is 11.6 Å². The van der Waals surface area contributed by atoms with Gasteiger partial charge < -0.3 is 9.52 Å². The molecule has 0 saturated carbocycles. The van der Waals surface area contributed by atoms with E-state index in [-0.39, 0.29) is 11.5 Å². The average molecular weight is 294 g/mol. The highest BCUT2D eigenvalue weighted by Crippen LogP contribution is 2.18. The first-order valence-electron chi connectivity index (χ1n) is 6.74. The Morgan fingerprint density at radius 3 is 2.85 bits per heavy atom. The maximum Gasteiger partial charge on any atom is 0.197 e. The summed E-state index contributed by atoms with van der Waals surface area (Å²) in [5, 5.41) is 10.5. The molecule has 1 aromatic heterocycles. The van der Waals surface area contributed by atoms with Gasteiger partial charge in [0.25, 0.3) is 0 Å². The lowest BCUT2D eigenvalue weighted by Crippen LogP contribution is -2.36. The Bertz CT molecular complexity index is 674. The first-order valence-corrected chi connectivity index (χ1v) is 7.11. The predicted molar refractivity (Wildman–Crippen MR) is 78.0 cm³/mol. The van der Waals surface area contributed by atoms with Gasteiger partial charge in [-0.2, -0.15) is 0 Å². The lowest BCUT2D eigenvalue weighted by atomic mass is 10.1. The molecule has 1 aromatic carbocycles. The summed E-state index contributed by atoms with van der Waals surface area (Å²) in [7, 11) is 0. The largest absolute Gasteiger partial charge is 0.464 e. The van der Waals surface area contributed by atoms with E-state index >= 15 is 0 Å². The second-order valence-electron chi connectivity index (χ2n) is 5.24. The molecule has 5 heteroatoms. The molecular formula is C15H16ClNO3. The van der Waals surface area contributed by atoms with Gasteiger partial charge in [-0.15, -0.1) is 0 Å². The number of halogens is 1. The predicted octanol–water partition coefficient (Wildman–Crippen LogP) is 2.40. The van der Waals surface area contributed by atoms with E-state index < -0.39 is 0 Å². The van der Waals surface area contributed by atoms with E-state index in [1.807, 2.05) is 0 Å². The number of benzene rings is 1. The monoisotopic (exact) mass is 293 g/mol. The summed E-state index contributed by atoms with van der Waals surface area (Å²) in [5.41, 5.74) is 1.16. The van der Waals surface area contributed by atoms with Crippen LogP contribution in [0.4, 0.5) is 0 Å². The summed E-state index contributed by atoms with van der Waals surface area (Å²) in [5.74, 6) is 0. The number of likely N-dealkylation sites (tertiary alicyclic amines) is 1. The van der Waals surface area contributed by atoms with E-state index in [1.165, 1.54) is 6.26 Å². The standard InChI is InChI=1S/C15H16ClNO3/c16-11-1-2-14-13(7-11)15(19)10(9-20-14)8-17-5-3-12(18)4-6-17/h1-2,7,9,12,18H,3-6,8H2. The maximum absolute atomic E-state index is 12.4. The summed E-state index contributed by atoms with van der Waals surface area (Å²) >= 11 is 5.93. The van der Waals surface area contributed by atoms with Crippen LogP contribution in [-0.2, 0) is 6.54 Å². The number of hydrogen-bond acceptors (Lipinski definition) is 4. The van der Waals surface area contributed by atoms with Crippen molar-refractivity contribution in [2.45, 2.75) is 25.5 Å². The van der Waals surface area contributed by atoms with Crippen molar-refractivity contribution in [1.82, 2.24) is 4.90 Å². The number of nitrogens with zero attached hydrogens (tertiary/aromatic N) is 1. The SMILES string of the molecule is O=c1c(CN2CCC(O)CC2)coc2ccc(Cl)cc12. The van der Waals surface area contributed by atoms with E-state index in [0.717, 1.165) is 25.9 Å². The van der Waals surface area contributed by atoms with Crippen LogP contribution in [0.5, 0.6) is 0 Å². The van der Waals surface area contributed by atoms with Crippen molar-refractivity contribution in [2.75, 3.05) is 13.1 Å². The Balaban J connectivity index is 1.88. The van der Waals surface area contributed by atoms with Gasteiger partial charge in [0.1, 0.15) is 5.58 Å².